The molecule has 112 valence electrons. The first-order valence-electron chi connectivity index (χ1n) is 5.11. The Morgan fingerprint density at radius 3 is 1.67 bits per heavy atom. The van der Waals surface area contributed by atoms with Crippen molar-refractivity contribution in [2.45, 2.75) is 0 Å². The molecule has 2 rings (SSSR count). The van der Waals surface area contributed by atoms with Crippen molar-refractivity contribution < 1.29 is 9.84 Å². The van der Waals surface area contributed by atoms with Crippen LogP contribution in [0.15, 0.2) is 43.4 Å². The van der Waals surface area contributed by atoms with Crippen LogP contribution in [-0.2, 0) is 0 Å². The first-order valence-corrected chi connectivity index (χ1v) is 10.7. The predicted molar refractivity (Wildman–Crippen MR) is 109 cm³/mol. The van der Waals surface area contributed by atoms with Gasteiger partial charge in [0.2, 0.25) is 0 Å². The van der Waals surface area contributed by atoms with Gasteiger partial charge in [0.25, 0.3) is 0 Å². The lowest BCUT2D eigenvalue weighted by Crippen LogP contribution is -1.91. The number of hydrogen-bond acceptors (Lipinski definition) is 2. The van der Waals surface area contributed by atoms with E-state index in [-0.39, 0.29) is 5.75 Å². The molecule has 2 aromatic carbocycles. The molecule has 0 bridgehead atoms. The zero-order chi connectivity index (χ0) is 15.9. The number of hydrogen-bond donors (Lipinski definition) is 1. The van der Waals surface area contributed by atoms with E-state index in [9.17, 15) is 5.11 Å². The SMILES string of the molecule is Oc1c(Br)c(Br)c(Oc2cc(Br)c(Br)cc2Br)c(Br)c1Br. The predicted octanol–water partition coefficient (Wildman–Crippen LogP) is 8.52. The van der Waals surface area contributed by atoms with Gasteiger partial charge >= 0.3 is 0 Å². The summed E-state index contributed by atoms with van der Waals surface area (Å²) >= 11 is 23.8. The average Bonchev–Trinajstić information content (AvgIpc) is 2.44. The molecule has 0 heterocycles. The number of aromatic hydroxyl groups is 1. The fraction of sp³-hybridized carbons (Fsp3) is 0. The molecule has 0 aliphatic heterocycles. The van der Waals surface area contributed by atoms with Crippen molar-refractivity contribution in [3.63, 3.8) is 0 Å². The Bertz CT molecular complexity index is 701. The van der Waals surface area contributed by atoms with Gasteiger partial charge in [-0.05, 0) is 124 Å². The van der Waals surface area contributed by atoms with E-state index in [2.05, 4.69) is 112 Å². The smallest absolute Gasteiger partial charge is 0.158 e. The van der Waals surface area contributed by atoms with Gasteiger partial charge in [0, 0.05) is 8.95 Å². The van der Waals surface area contributed by atoms with Crippen LogP contribution >= 0.6 is 112 Å². The summed E-state index contributed by atoms with van der Waals surface area (Å²) in [5, 5.41) is 9.96. The van der Waals surface area contributed by atoms with Crippen molar-refractivity contribution >= 4 is 112 Å². The summed E-state index contributed by atoms with van der Waals surface area (Å²) in [7, 11) is 0. The Morgan fingerprint density at radius 2 is 1.14 bits per heavy atom. The lowest BCUT2D eigenvalue weighted by molar-refractivity contribution is 0.452. The standard InChI is InChI=1S/C12H3Br7O2/c13-3-1-5(15)6(2-4(3)14)21-12-9(18)7(16)11(20)8(17)10(12)19/h1-2,20H. The Balaban J connectivity index is 2.58. The van der Waals surface area contributed by atoms with Crippen molar-refractivity contribution in [2.24, 2.45) is 0 Å². The Morgan fingerprint density at radius 1 is 0.667 bits per heavy atom. The van der Waals surface area contributed by atoms with Gasteiger partial charge in [0.15, 0.2) is 5.75 Å². The number of ether oxygens (including phenoxy) is 1. The van der Waals surface area contributed by atoms with Crippen molar-refractivity contribution in [3.05, 3.63) is 43.4 Å². The van der Waals surface area contributed by atoms with Crippen molar-refractivity contribution in [2.75, 3.05) is 0 Å². The lowest BCUT2D eigenvalue weighted by atomic mass is 10.3. The second kappa shape index (κ2) is 7.53. The monoisotopic (exact) mass is 731 g/mol. The molecule has 0 radical (unpaired) electrons. The zero-order valence-electron chi connectivity index (χ0n) is 9.66. The van der Waals surface area contributed by atoms with Crippen molar-refractivity contribution in [1.82, 2.24) is 0 Å². The molecule has 2 aromatic rings. The van der Waals surface area contributed by atoms with Gasteiger partial charge in [0.05, 0.1) is 22.4 Å². The van der Waals surface area contributed by atoms with Gasteiger partial charge in [-0.2, -0.15) is 0 Å². The molecule has 0 amide bonds. The fourth-order valence-electron chi connectivity index (χ4n) is 1.38. The lowest BCUT2D eigenvalue weighted by Gasteiger charge is -2.15. The van der Waals surface area contributed by atoms with E-state index in [0.717, 1.165) is 13.4 Å². The highest BCUT2D eigenvalue weighted by Gasteiger charge is 2.21. The molecule has 0 fully saturated rings. The molecule has 1 N–H and O–H groups in total. The highest BCUT2D eigenvalue weighted by molar-refractivity contribution is 9.14. The van der Waals surface area contributed by atoms with Crippen LogP contribution in [0.1, 0.15) is 0 Å². The molecule has 0 saturated carbocycles. The third-order valence-electron chi connectivity index (χ3n) is 2.39. The molecule has 0 aliphatic carbocycles. The van der Waals surface area contributed by atoms with Gasteiger partial charge in [0.1, 0.15) is 11.5 Å². The molecule has 0 aliphatic rings. The second-order valence-electron chi connectivity index (χ2n) is 3.73. The molecule has 0 aromatic heterocycles. The first kappa shape index (κ1) is 18.7. The molecule has 0 atom stereocenters. The third-order valence-corrected chi connectivity index (χ3v) is 8.97. The van der Waals surface area contributed by atoms with E-state index in [1.807, 2.05) is 12.1 Å². The van der Waals surface area contributed by atoms with Crippen LogP contribution in [0.3, 0.4) is 0 Å². The zero-order valence-corrected chi connectivity index (χ0v) is 20.8. The minimum Gasteiger partial charge on any atom is -0.505 e. The van der Waals surface area contributed by atoms with Crippen LogP contribution in [0.25, 0.3) is 0 Å². The topological polar surface area (TPSA) is 29.5 Å². The van der Waals surface area contributed by atoms with Gasteiger partial charge in [-0.3, -0.25) is 0 Å². The summed E-state index contributed by atoms with van der Waals surface area (Å²) in [6, 6.07) is 3.72. The summed E-state index contributed by atoms with van der Waals surface area (Å²) in [5.74, 6) is 1.23. The molecule has 21 heavy (non-hydrogen) atoms. The Labute approximate surface area is 179 Å². The van der Waals surface area contributed by atoms with Crippen molar-refractivity contribution in [3.8, 4) is 17.2 Å². The normalized spacial score (nSPS) is 10.8. The van der Waals surface area contributed by atoms with Crippen LogP contribution in [0.4, 0.5) is 0 Å². The van der Waals surface area contributed by atoms with Gasteiger partial charge in [-0.25, -0.2) is 0 Å². The maximum Gasteiger partial charge on any atom is 0.158 e. The van der Waals surface area contributed by atoms with Crippen LogP contribution in [0, 0.1) is 0 Å². The summed E-state index contributed by atoms with van der Waals surface area (Å²) in [4.78, 5) is 0. The molecule has 0 unspecified atom stereocenters. The highest BCUT2D eigenvalue weighted by atomic mass is 79.9. The molecular formula is C12H3Br7O2. The van der Waals surface area contributed by atoms with E-state index >= 15 is 0 Å². The Kier molecular flexibility index (Phi) is 6.71. The van der Waals surface area contributed by atoms with E-state index < -0.39 is 0 Å². The van der Waals surface area contributed by atoms with E-state index in [4.69, 9.17) is 4.74 Å². The highest BCUT2D eigenvalue weighted by Crippen LogP contribution is 2.51. The molecular weight excluding hydrogens is 735 g/mol. The molecule has 0 spiro atoms. The van der Waals surface area contributed by atoms with Gasteiger partial charge in [-0.15, -0.1) is 0 Å². The van der Waals surface area contributed by atoms with E-state index in [1.54, 1.807) is 0 Å². The van der Waals surface area contributed by atoms with Gasteiger partial charge in [-0.1, -0.05) is 0 Å². The average molecular weight is 738 g/mol. The summed E-state index contributed by atoms with van der Waals surface area (Å²) in [6.45, 7) is 0. The number of halogens is 7. The van der Waals surface area contributed by atoms with Crippen LogP contribution in [0.5, 0.6) is 17.2 Å². The summed E-state index contributed by atoms with van der Waals surface area (Å²) in [5.41, 5.74) is 0. The molecule has 9 heteroatoms. The van der Waals surface area contributed by atoms with Crippen molar-refractivity contribution in [1.29, 1.82) is 0 Å². The Hall–Kier alpha value is 1.40. The van der Waals surface area contributed by atoms with Crippen LogP contribution in [-0.4, -0.2) is 5.11 Å². The molecule has 2 nitrogen and oxygen atoms in total. The summed E-state index contributed by atoms with van der Waals surface area (Å²) in [6.07, 6.45) is 0. The van der Waals surface area contributed by atoms with E-state index in [1.165, 1.54) is 0 Å². The van der Waals surface area contributed by atoms with Crippen LogP contribution in [0.2, 0.25) is 0 Å². The first-order chi connectivity index (χ1) is 9.73. The molecule has 0 saturated heterocycles. The summed E-state index contributed by atoms with van der Waals surface area (Å²) < 4.78 is 10.7. The quantitative estimate of drug-likeness (QED) is 0.314. The minimum absolute atomic E-state index is 0.0807. The largest absolute Gasteiger partial charge is 0.505 e. The van der Waals surface area contributed by atoms with E-state index in [0.29, 0.717) is 29.4 Å². The van der Waals surface area contributed by atoms with Gasteiger partial charge < -0.3 is 9.84 Å². The number of benzene rings is 2. The van der Waals surface area contributed by atoms with Crippen LogP contribution < -0.4 is 4.74 Å². The minimum atomic E-state index is 0.0807. The maximum atomic E-state index is 9.96. The number of phenols is 1. The third kappa shape index (κ3) is 3.91. The number of rotatable bonds is 2. The second-order valence-corrected chi connectivity index (χ2v) is 9.47. The maximum absolute atomic E-state index is 9.96. The number of phenolic OH excluding ortho intramolecular Hbond substituents is 1. The fourth-order valence-corrected chi connectivity index (χ4v) is 5.00.